The van der Waals surface area contributed by atoms with Gasteiger partial charge in [0.2, 0.25) is 0 Å². The molecule has 3 aromatic carbocycles. The lowest BCUT2D eigenvalue weighted by Gasteiger charge is -2.60. The van der Waals surface area contributed by atoms with Crippen molar-refractivity contribution in [3.8, 4) is 5.75 Å². The van der Waals surface area contributed by atoms with Gasteiger partial charge in [-0.3, -0.25) is 14.5 Å². The van der Waals surface area contributed by atoms with Crippen LogP contribution in [0.4, 0.5) is 0 Å². The second-order valence-electron chi connectivity index (χ2n) is 12.3. The van der Waals surface area contributed by atoms with E-state index in [1.54, 1.807) is 6.07 Å². The molecular formula is C35H42N2O4. The summed E-state index contributed by atoms with van der Waals surface area (Å²) in [6.45, 7) is 12.4. The topological polar surface area (TPSA) is 70.1 Å². The Morgan fingerprint density at radius 1 is 1.10 bits per heavy atom. The third-order valence-corrected chi connectivity index (χ3v) is 9.06. The SMILES string of the molecule is C=CCN1CCC2(c3cccc(O)c3)CC(N(CC(C)C)C(=O)c3ccc4ccccc4c3)CCC2(OC(C)=O)C1. The number of piperidine rings is 1. The largest absolute Gasteiger partial charge is 0.508 e. The molecule has 41 heavy (non-hydrogen) atoms. The van der Waals surface area contributed by atoms with Crippen LogP contribution in [-0.2, 0) is 14.9 Å². The molecule has 0 bridgehead atoms. The van der Waals surface area contributed by atoms with E-state index in [1.807, 2.05) is 60.7 Å². The van der Waals surface area contributed by atoms with E-state index >= 15 is 0 Å². The highest BCUT2D eigenvalue weighted by Crippen LogP contribution is 2.55. The minimum atomic E-state index is -0.778. The van der Waals surface area contributed by atoms with Gasteiger partial charge in [0.15, 0.2) is 0 Å². The van der Waals surface area contributed by atoms with Gasteiger partial charge in [-0.05, 0) is 78.7 Å². The normalized spacial score (nSPS) is 24.5. The van der Waals surface area contributed by atoms with Gasteiger partial charge in [0.25, 0.3) is 5.91 Å². The van der Waals surface area contributed by atoms with E-state index in [0.717, 1.165) is 35.7 Å². The summed E-state index contributed by atoms with van der Waals surface area (Å²) < 4.78 is 6.36. The molecule has 1 aliphatic carbocycles. The lowest BCUT2D eigenvalue weighted by Crippen LogP contribution is -2.68. The van der Waals surface area contributed by atoms with E-state index < -0.39 is 11.0 Å². The van der Waals surface area contributed by atoms with Gasteiger partial charge in [-0.1, -0.05) is 62.4 Å². The van der Waals surface area contributed by atoms with E-state index in [0.29, 0.717) is 38.0 Å². The van der Waals surface area contributed by atoms with Crippen LogP contribution in [0.25, 0.3) is 10.8 Å². The lowest BCUT2D eigenvalue weighted by molar-refractivity contribution is -0.188. The molecule has 216 valence electrons. The van der Waals surface area contributed by atoms with Crippen LogP contribution >= 0.6 is 0 Å². The molecule has 0 spiro atoms. The molecule has 1 amide bonds. The highest BCUT2D eigenvalue weighted by molar-refractivity contribution is 5.98. The number of hydrogen-bond donors (Lipinski definition) is 1. The first-order valence-corrected chi connectivity index (χ1v) is 14.8. The predicted molar refractivity (Wildman–Crippen MR) is 163 cm³/mol. The van der Waals surface area contributed by atoms with Gasteiger partial charge in [0.05, 0.1) is 0 Å². The molecular weight excluding hydrogens is 512 g/mol. The van der Waals surface area contributed by atoms with Crippen molar-refractivity contribution in [2.75, 3.05) is 26.2 Å². The molecule has 1 aliphatic heterocycles. The number of phenols is 1. The monoisotopic (exact) mass is 554 g/mol. The van der Waals surface area contributed by atoms with Crippen molar-refractivity contribution in [2.45, 2.75) is 63.5 Å². The Labute approximate surface area is 243 Å². The van der Waals surface area contributed by atoms with Crippen LogP contribution in [0.2, 0.25) is 0 Å². The number of hydrogen-bond acceptors (Lipinski definition) is 5. The van der Waals surface area contributed by atoms with Gasteiger partial charge in [-0.25, -0.2) is 0 Å². The molecule has 3 atom stereocenters. The second-order valence-corrected chi connectivity index (χ2v) is 12.3. The highest BCUT2D eigenvalue weighted by atomic mass is 16.6. The molecule has 1 saturated heterocycles. The summed E-state index contributed by atoms with van der Waals surface area (Å²) in [6.07, 6.45) is 4.63. The summed E-state index contributed by atoms with van der Waals surface area (Å²) in [7, 11) is 0. The lowest BCUT2D eigenvalue weighted by atomic mass is 9.54. The number of benzene rings is 3. The van der Waals surface area contributed by atoms with Crippen LogP contribution in [0.3, 0.4) is 0 Å². The number of carbonyl (C=O) groups is 2. The first-order valence-electron chi connectivity index (χ1n) is 14.8. The molecule has 1 heterocycles. The van der Waals surface area contributed by atoms with Gasteiger partial charge < -0.3 is 14.7 Å². The molecule has 1 N–H and O–H groups in total. The summed E-state index contributed by atoms with van der Waals surface area (Å²) in [5, 5.41) is 12.7. The van der Waals surface area contributed by atoms with Gasteiger partial charge in [-0.2, -0.15) is 0 Å². The fourth-order valence-electron chi connectivity index (χ4n) is 7.35. The molecule has 2 fully saturated rings. The molecule has 5 rings (SSSR count). The van der Waals surface area contributed by atoms with Crippen LogP contribution in [0.1, 0.15) is 62.4 Å². The quantitative estimate of drug-likeness (QED) is 0.260. The number of rotatable bonds is 8. The zero-order valence-electron chi connectivity index (χ0n) is 24.5. The number of likely N-dealkylation sites (tertiary alicyclic amines) is 1. The number of carbonyl (C=O) groups excluding carboxylic acids is 2. The minimum Gasteiger partial charge on any atom is -0.508 e. The van der Waals surface area contributed by atoms with Gasteiger partial charge in [0, 0.05) is 43.6 Å². The molecule has 0 radical (unpaired) electrons. The van der Waals surface area contributed by atoms with Crippen LogP contribution in [0.5, 0.6) is 5.75 Å². The Morgan fingerprint density at radius 2 is 1.88 bits per heavy atom. The van der Waals surface area contributed by atoms with Crippen molar-refractivity contribution in [3.05, 3.63) is 90.5 Å². The maximum Gasteiger partial charge on any atom is 0.303 e. The fourth-order valence-corrected chi connectivity index (χ4v) is 7.35. The smallest absolute Gasteiger partial charge is 0.303 e. The second kappa shape index (κ2) is 11.7. The number of aromatic hydroxyl groups is 1. The Hall–Kier alpha value is -3.64. The van der Waals surface area contributed by atoms with E-state index in [4.69, 9.17) is 4.74 Å². The first kappa shape index (κ1) is 28.9. The van der Waals surface area contributed by atoms with Crippen molar-refractivity contribution in [1.29, 1.82) is 0 Å². The Kier molecular flexibility index (Phi) is 8.23. The molecule has 3 aromatic rings. The molecule has 0 aromatic heterocycles. The third-order valence-electron chi connectivity index (χ3n) is 9.06. The summed E-state index contributed by atoms with van der Waals surface area (Å²) in [4.78, 5) is 31.3. The van der Waals surface area contributed by atoms with Crippen LogP contribution < -0.4 is 0 Å². The van der Waals surface area contributed by atoms with E-state index in [-0.39, 0.29) is 29.6 Å². The Morgan fingerprint density at radius 3 is 2.59 bits per heavy atom. The average Bonchev–Trinajstić information content (AvgIpc) is 2.94. The Balaban J connectivity index is 1.58. The third kappa shape index (κ3) is 5.62. The molecule has 6 nitrogen and oxygen atoms in total. The van der Waals surface area contributed by atoms with Gasteiger partial charge in [0.1, 0.15) is 11.4 Å². The summed E-state index contributed by atoms with van der Waals surface area (Å²) in [5.74, 6) is 0.200. The molecule has 2 aliphatic rings. The van der Waals surface area contributed by atoms with Crippen LogP contribution in [0, 0.1) is 5.92 Å². The predicted octanol–water partition coefficient (Wildman–Crippen LogP) is 6.33. The van der Waals surface area contributed by atoms with Crippen molar-refractivity contribution in [1.82, 2.24) is 9.80 Å². The maximum absolute atomic E-state index is 14.3. The highest BCUT2D eigenvalue weighted by Gasteiger charge is 2.61. The minimum absolute atomic E-state index is 0.0320. The van der Waals surface area contributed by atoms with Crippen LogP contribution in [0.15, 0.2) is 79.4 Å². The maximum atomic E-state index is 14.3. The van der Waals surface area contributed by atoms with E-state index in [1.165, 1.54) is 6.92 Å². The zero-order chi connectivity index (χ0) is 29.2. The van der Waals surface area contributed by atoms with Crippen LogP contribution in [-0.4, -0.2) is 64.6 Å². The summed E-state index contributed by atoms with van der Waals surface area (Å²) in [6, 6.07) is 21.4. The number of nitrogens with zero attached hydrogens (tertiary/aromatic N) is 2. The van der Waals surface area contributed by atoms with Crippen molar-refractivity contribution < 1.29 is 19.4 Å². The van der Waals surface area contributed by atoms with Crippen molar-refractivity contribution in [2.24, 2.45) is 5.92 Å². The average molecular weight is 555 g/mol. The molecule has 3 unspecified atom stereocenters. The number of phenolic OH excluding ortho intramolecular Hbond substituents is 1. The number of fused-ring (bicyclic) bond motifs is 2. The van der Waals surface area contributed by atoms with Crippen molar-refractivity contribution >= 4 is 22.6 Å². The molecule has 6 heteroatoms. The molecule has 1 saturated carbocycles. The fraction of sp³-hybridized carbons (Fsp3) is 0.429. The number of amides is 1. The zero-order valence-corrected chi connectivity index (χ0v) is 24.5. The van der Waals surface area contributed by atoms with Gasteiger partial charge >= 0.3 is 5.97 Å². The van der Waals surface area contributed by atoms with E-state index in [9.17, 15) is 14.7 Å². The number of ether oxygens (including phenoxy) is 1. The summed E-state index contributed by atoms with van der Waals surface area (Å²) in [5.41, 5.74) is 0.314. The Bertz CT molecular complexity index is 1430. The standard InChI is InChI=1S/C35H42N2O4/c1-5-18-36-19-17-34(30-11-8-12-32(39)21-30)22-31(15-16-35(34,24-36)41-26(4)38)37(23-25(2)3)33(40)29-14-13-27-9-6-7-10-28(27)20-29/h5-14,20-21,25,31,39H,1,15-19,22-24H2,2-4H3. The first-order chi connectivity index (χ1) is 19.7. The van der Waals surface area contributed by atoms with E-state index in [2.05, 4.69) is 36.3 Å². The van der Waals surface area contributed by atoms with Crippen molar-refractivity contribution in [3.63, 3.8) is 0 Å². The number of esters is 1. The van der Waals surface area contributed by atoms with Gasteiger partial charge in [-0.15, -0.1) is 6.58 Å². The summed E-state index contributed by atoms with van der Waals surface area (Å²) >= 11 is 0.